The van der Waals surface area contributed by atoms with Gasteiger partial charge in [-0.05, 0) is 45.9 Å². The first-order chi connectivity index (χ1) is 9.01. The van der Waals surface area contributed by atoms with Crippen LogP contribution in [0.15, 0.2) is 12.1 Å². The van der Waals surface area contributed by atoms with Gasteiger partial charge in [-0.25, -0.2) is 0 Å². The first-order valence-corrected chi connectivity index (χ1v) is 7.90. The van der Waals surface area contributed by atoms with Gasteiger partial charge in [-0.3, -0.25) is 4.90 Å². The van der Waals surface area contributed by atoms with E-state index in [1.807, 2.05) is 25.2 Å². The molecule has 110 valence electrons. The highest BCUT2D eigenvalue weighted by molar-refractivity contribution is 7.11. The quantitative estimate of drug-likeness (QED) is 0.757. The van der Waals surface area contributed by atoms with Gasteiger partial charge in [-0.15, -0.1) is 11.3 Å². The van der Waals surface area contributed by atoms with Gasteiger partial charge in [0.25, 0.3) is 0 Å². The fourth-order valence-corrected chi connectivity index (χ4v) is 2.93. The van der Waals surface area contributed by atoms with Gasteiger partial charge in [0.2, 0.25) is 0 Å². The van der Waals surface area contributed by atoms with Crippen LogP contribution in [0.25, 0.3) is 0 Å². The zero-order valence-electron chi connectivity index (χ0n) is 12.6. The highest BCUT2D eigenvalue weighted by Gasteiger charge is 2.13. The normalized spacial score (nSPS) is 13.4. The fraction of sp³-hybridized carbons (Fsp3) is 0.733. The Bertz CT molecular complexity index is 352. The number of rotatable bonds is 9. The Morgan fingerprint density at radius 2 is 2.11 bits per heavy atom. The predicted octanol–water partition coefficient (Wildman–Crippen LogP) is 3.05. The van der Waals surface area contributed by atoms with E-state index in [2.05, 4.69) is 30.9 Å². The summed E-state index contributed by atoms with van der Waals surface area (Å²) in [7, 11) is 0. The van der Waals surface area contributed by atoms with Crippen LogP contribution in [0.3, 0.4) is 0 Å². The molecule has 0 aliphatic carbocycles. The second-order valence-corrected chi connectivity index (χ2v) is 6.66. The van der Waals surface area contributed by atoms with Crippen LogP contribution < -0.4 is 0 Å². The van der Waals surface area contributed by atoms with Crippen LogP contribution in [0.1, 0.15) is 36.9 Å². The summed E-state index contributed by atoms with van der Waals surface area (Å²) in [5.74, 6) is 0. The highest BCUT2D eigenvalue weighted by Crippen LogP contribution is 2.17. The van der Waals surface area contributed by atoms with Crippen molar-refractivity contribution in [1.82, 2.24) is 4.90 Å². The van der Waals surface area contributed by atoms with Gasteiger partial charge in [0.05, 0.1) is 18.8 Å². The number of aliphatic hydroxyl groups is 1. The van der Waals surface area contributed by atoms with Crippen molar-refractivity contribution in [2.45, 2.75) is 52.9 Å². The molecular formula is C15H27NO2S. The average molecular weight is 285 g/mol. The van der Waals surface area contributed by atoms with Gasteiger partial charge in [-0.2, -0.15) is 0 Å². The van der Waals surface area contributed by atoms with Crippen molar-refractivity contribution >= 4 is 11.3 Å². The Balaban J connectivity index is 2.43. The minimum atomic E-state index is -0.407. The first-order valence-electron chi connectivity index (χ1n) is 7.08. The van der Waals surface area contributed by atoms with E-state index >= 15 is 0 Å². The van der Waals surface area contributed by atoms with E-state index in [4.69, 9.17) is 4.74 Å². The summed E-state index contributed by atoms with van der Waals surface area (Å²) in [6, 6.07) is 4.34. The molecule has 1 unspecified atom stereocenters. The predicted molar refractivity (Wildman–Crippen MR) is 81.7 cm³/mol. The molecule has 0 bridgehead atoms. The number of aliphatic hydroxyl groups excluding tert-OH is 1. The Morgan fingerprint density at radius 3 is 2.63 bits per heavy atom. The van der Waals surface area contributed by atoms with Crippen molar-refractivity contribution in [2.75, 3.05) is 19.7 Å². The van der Waals surface area contributed by atoms with Crippen LogP contribution in [0.5, 0.6) is 0 Å². The van der Waals surface area contributed by atoms with Crippen LogP contribution in [0.4, 0.5) is 0 Å². The summed E-state index contributed by atoms with van der Waals surface area (Å²) in [5.41, 5.74) is 0. The number of nitrogens with zero attached hydrogens (tertiary/aromatic N) is 1. The molecule has 1 aromatic rings. The van der Waals surface area contributed by atoms with Gasteiger partial charge in [0.15, 0.2) is 0 Å². The number of hydrogen-bond donors (Lipinski definition) is 1. The first kappa shape index (κ1) is 16.6. The lowest BCUT2D eigenvalue weighted by atomic mass is 10.3. The monoisotopic (exact) mass is 285 g/mol. The van der Waals surface area contributed by atoms with Crippen LogP contribution >= 0.6 is 11.3 Å². The molecule has 4 heteroatoms. The minimum absolute atomic E-state index is 0.175. The van der Waals surface area contributed by atoms with Gasteiger partial charge < -0.3 is 9.84 Å². The molecule has 3 nitrogen and oxygen atoms in total. The van der Waals surface area contributed by atoms with E-state index in [0.717, 1.165) is 19.5 Å². The third-order valence-electron chi connectivity index (χ3n) is 2.81. The van der Waals surface area contributed by atoms with E-state index in [1.165, 1.54) is 9.75 Å². The van der Waals surface area contributed by atoms with Crippen LogP contribution in [-0.4, -0.2) is 41.9 Å². The van der Waals surface area contributed by atoms with Crippen molar-refractivity contribution in [3.05, 3.63) is 21.9 Å². The summed E-state index contributed by atoms with van der Waals surface area (Å²) < 4.78 is 5.46. The van der Waals surface area contributed by atoms with E-state index in [-0.39, 0.29) is 6.10 Å². The molecule has 0 aromatic carbocycles. The number of thiophene rings is 1. The second kappa shape index (κ2) is 8.69. The molecule has 0 fully saturated rings. The van der Waals surface area contributed by atoms with E-state index < -0.39 is 6.10 Å². The molecule has 0 saturated carbocycles. The smallest absolute Gasteiger partial charge is 0.0900 e. The average Bonchev–Trinajstić information content (AvgIpc) is 2.72. The molecule has 0 amide bonds. The molecule has 0 spiro atoms. The van der Waals surface area contributed by atoms with E-state index in [0.29, 0.717) is 13.2 Å². The number of hydrogen-bond acceptors (Lipinski definition) is 4. The van der Waals surface area contributed by atoms with Gasteiger partial charge in [0.1, 0.15) is 0 Å². The summed E-state index contributed by atoms with van der Waals surface area (Å²) in [6.07, 6.45) is 0.867. The van der Waals surface area contributed by atoms with Crippen LogP contribution in [0, 0.1) is 6.92 Å². The molecule has 0 radical (unpaired) electrons. The Morgan fingerprint density at radius 1 is 1.37 bits per heavy atom. The van der Waals surface area contributed by atoms with Crippen molar-refractivity contribution in [2.24, 2.45) is 0 Å². The maximum atomic E-state index is 10.0. The van der Waals surface area contributed by atoms with E-state index in [1.54, 1.807) is 0 Å². The standard InChI is InChI=1S/C15H27NO2S/c1-5-8-16(9-14(17)11-18-12(2)3)10-15-7-6-13(4)19-15/h6-7,12,14,17H,5,8-11H2,1-4H3. The van der Waals surface area contributed by atoms with Gasteiger partial charge in [0, 0.05) is 22.8 Å². The lowest BCUT2D eigenvalue weighted by Crippen LogP contribution is -2.35. The largest absolute Gasteiger partial charge is 0.389 e. The Kier molecular flexibility index (Phi) is 7.61. The molecular weight excluding hydrogens is 258 g/mol. The summed E-state index contributed by atoms with van der Waals surface area (Å²) in [6.45, 7) is 11.3. The van der Waals surface area contributed by atoms with Crippen molar-refractivity contribution in [3.8, 4) is 0 Å². The number of ether oxygens (including phenoxy) is 1. The second-order valence-electron chi connectivity index (χ2n) is 5.28. The summed E-state index contributed by atoms with van der Waals surface area (Å²) >= 11 is 1.83. The molecule has 1 rings (SSSR count). The summed E-state index contributed by atoms with van der Waals surface area (Å²) in [4.78, 5) is 5.01. The maximum Gasteiger partial charge on any atom is 0.0900 e. The lowest BCUT2D eigenvalue weighted by molar-refractivity contribution is -0.00938. The van der Waals surface area contributed by atoms with Crippen molar-refractivity contribution < 1.29 is 9.84 Å². The SMILES string of the molecule is CCCN(Cc1ccc(C)s1)CC(O)COC(C)C. The van der Waals surface area contributed by atoms with Crippen LogP contribution in [0.2, 0.25) is 0 Å². The third kappa shape index (κ3) is 7.06. The van der Waals surface area contributed by atoms with E-state index in [9.17, 15) is 5.11 Å². The molecule has 0 saturated heterocycles. The zero-order valence-corrected chi connectivity index (χ0v) is 13.4. The highest BCUT2D eigenvalue weighted by atomic mass is 32.1. The maximum absolute atomic E-state index is 10.0. The molecule has 1 heterocycles. The molecule has 1 atom stereocenters. The Hall–Kier alpha value is -0.420. The van der Waals surface area contributed by atoms with Crippen LogP contribution in [-0.2, 0) is 11.3 Å². The van der Waals surface area contributed by atoms with Crippen molar-refractivity contribution in [3.63, 3.8) is 0 Å². The third-order valence-corrected chi connectivity index (χ3v) is 3.79. The van der Waals surface area contributed by atoms with Crippen molar-refractivity contribution in [1.29, 1.82) is 0 Å². The number of aryl methyl sites for hydroxylation is 1. The molecule has 1 N–H and O–H groups in total. The molecule has 1 aromatic heterocycles. The lowest BCUT2D eigenvalue weighted by Gasteiger charge is -2.24. The molecule has 0 aliphatic heterocycles. The summed E-state index contributed by atoms with van der Waals surface area (Å²) in [5, 5.41) is 10.0. The fourth-order valence-electron chi connectivity index (χ4n) is 2.00. The molecule has 0 aliphatic rings. The molecule has 19 heavy (non-hydrogen) atoms. The van der Waals surface area contributed by atoms with Gasteiger partial charge in [-0.1, -0.05) is 6.92 Å². The zero-order chi connectivity index (χ0) is 14.3. The Labute approximate surface area is 121 Å². The minimum Gasteiger partial charge on any atom is -0.389 e. The topological polar surface area (TPSA) is 32.7 Å². The van der Waals surface area contributed by atoms with Gasteiger partial charge >= 0.3 is 0 Å².